The van der Waals surface area contributed by atoms with Crippen LogP contribution < -0.4 is 5.73 Å². The summed E-state index contributed by atoms with van der Waals surface area (Å²) in [7, 11) is 0. The third-order valence-electron chi connectivity index (χ3n) is 2.97. The molecule has 1 aromatic heterocycles. The minimum absolute atomic E-state index is 0.157. The molecule has 112 valence electrons. The van der Waals surface area contributed by atoms with E-state index < -0.39 is 0 Å². The van der Waals surface area contributed by atoms with E-state index in [1.54, 1.807) is 35.1 Å². The molecule has 0 fully saturated rings. The highest BCUT2D eigenvalue weighted by molar-refractivity contribution is 5.92. The fourth-order valence-corrected chi connectivity index (χ4v) is 1.97. The molecule has 0 spiro atoms. The maximum absolute atomic E-state index is 12.2. The number of benzene rings is 1. The van der Waals surface area contributed by atoms with Crippen LogP contribution in [0.5, 0.6) is 0 Å². The molecule has 0 unspecified atom stereocenters. The molecule has 0 bridgehead atoms. The SMILES string of the molecule is Nc1cccc(-n2ccc(C(=O)N(CCO)CCO)n2)c1. The molecular formula is C14H18N4O3. The minimum atomic E-state index is -0.333. The van der Waals surface area contributed by atoms with Crippen molar-refractivity contribution in [1.29, 1.82) is 0 Å². The van der Waals surface area contributed by atoms with Gasteiger partial charge in [0.15, 0.2) is 5.69 Å². The highest BCUT2D eigenvalue weighted by atomic mass is 16.3. The van der Waals surface area contributed by atoms with E-state index in [0.29, 0.717) is 5.69 Å². The molecule has 2 rings (SSSR count). The van der Waals surface area contributed by atoms with Crippen molar-refractivity contribution in [3.05, 3.63) is 42.2 Å². The monoisotopic (exact) mass is 290 g/mol. The summed E-state index contributed by atoms with van der Waals surface area (Å²) in [5.41, 5.74) is 7.33. The number of carbonyl (C=O) groups is 1. The van der Waals surface area contributed by atoms with Crippen molar-refractivity contribution < 1.29 is 15.0 Å². The molecule has 0 aliphatic rings. The first-order valence-corrected chi connectivity index (χ1v) is 6.58. The Balaban J connectivity index is 2.20. The van der Waals surface area contributed by atoms with Gasteiger partial charge >= 0.3 is 0 Å². The number of anilines is 1. The van der Waals surface area contributed by atoms with E-state index in [1.165, 1.54) is 4.90 Å². The minimum Gasteiger partial charge on any atom is -0.399 e. The molecule has 0 radical (unpaired) electrons. The number of nitrogen functional groups attached to an aromatic ring is 1. The fraction of sp³-hybridized carbons (Fsp3) is 0.286. The zero-order valence-corrected chi connectivity index (χ0v) is 11.5. The van der Waals surface area contributed by atoms with Gasteiger partial charge in [-0.25, -0.2) is 4.68 Å². The van der Waals surface area contributed by atoms with Crippen molar-refractivity contribution in [2.45, 2.75) is 0 Å². The number of carbonyl (C=O) groups excluding carboxylic acids is 1. The predicted molar refractivity (Wildman–Crippen MR) is 78.1 cm³/mol. The van der Waals surface area contributed by atoms with E-state index in [0.717, 1.165) is 5.69 Å². The zero-order chi connectivity index (χ0) is 15.2. The molecule has 0 saturated heterocycles. The first-order chi connectivity index (χ1) is 10.2. The average molecular weight is 290 g/mol. The number of nitrogens with two attached hydrogens (primary N) is 1. The predicted octanol–water partition coefficient (Wildman–Crippen LogP) is -0.119. The number of aliphatic hydroxyl groups is 2. The quantitative estimate of drug-likeness (QED) is 0.643. The fourth-order valence-electron chi connectivity index (χ4n) is 1.97. The Morgan fingerprint density at radius 2 is 1.95 bits per heavy atom. The maximum Gasteiger partial charge on any atom is 0.274 e. The van der Waals surface area contributed by atoms with E-state index in [4.69, 9.17) is 15.9 Å². The number of hydrogen-bond acceptors (Lipinski definition) is 5. The lowest BCUT2D eigenvalue weighted by molar-refractivity contribution is 0.0678. The van der Waals surface area contributed by atoms with Crippen LogP contribution in [0.25, 0.3) is 5.69 Å². The van der Waals surface area contributed by atoms with Crippen LogP contribution in [0.2, 0.25) is 0 Å². The standard InChI is InChI=1S/C14H18N4O3/c15-11-2-1-3-12(10-11)18-5-4-13(16-18)14(21)17(6-8-19)7-9-20/h1-5,10,19-20H,6-9,15H2. The van der Waals surface area contributed by atoms with Crippen molar-refractivity contribution in [1.82, 2.24) is 14.7 Å². The second-order valence-electron chi connectivity index (χ2n) is 4.48. The zero-order valence-electron chi connectivity index (χ0n) is 11.5. The summed E-state index contributed by atoms with van der Waals surface area (Å²) in [5, 5.41) is 22.1. The normalized spacial score (nSPS) is 10.6. The first-order valence-electron chi connectivity index (χ1n) is 6.58. The Morgan fingerprint density at radius 1 is 1.24 bits per heavy atom. The molecule has 21 heavy (non-hydrogen) atoms. The Labute approximate surface area is 122 Å². The van der Waals surface area contributed by atoms with Gasteiger partial charge in [0.1, 0.15) is 0 Å². The lowest BCUT2D eigenvalue weighted by Crippen LogP contribution is -2.36. The third kappa shape index (κ3) is 3.59. The molecule has 1 aromatic carbocycles. The molecular weight excluding hydrogens is 272 g/mol. The summed E-state index contributed by atoms with van der Waals surface area (Å²) in [6.45, 7) is -0.0155. The molecule has 1 heterocycles. The summed E-state index contributed by atoms with van der Waals surface area (Å²) >= 11 is 0. The molecule has 0 atom stereocenters. The Kier molecular flexibility index (Phi) is 4.91. The molecule has 0 saturated carbocycles. The number of amides is 1. The van der Waals surface area contributed by atoms with Gasteiger partial charge in [-0.1, -0.05) is 6.07 Å². The van der Waals surface area contributed by atoms with Crippen LogP contribution in [-0.2, 0) is 0 Å². The van der Waals surface area contributed by atoms with Gasteiger partial charge in [-0.2, -0.15) is 5.10 Å². The second kappa shape index (κ2) is 6.87. The van der Waals surface area contributed by atoms with Crippen LogP contribution in [0.1, 0.15) is 10.5 Å². The van der Waals surface area contributed by atoms with Crippen molar-refractivity contribution in [3.8, 4) is 5.69 Å². The number of aliphatic hydroxyl groups excluding tert-OH is 2. The van der Waals surface area contributed by atoms with Gasteiger partial charge in [0, 0.05) is 25.0 Å². The molecule has 7 heteroatoms. The van der Waals surface area contributed by atoms with Crippen LogP contribution in [0.15, 0.2) is 36.5 Å². The van der Waals surface area contributed by atoms with Gasteiger partial charge in [-0.15, -0.1) is 0 Å². The molecule has 4 N–H and O–H groups in total. The van der Waals surface area contributed by atoms with E-state index in [2.05, 4.69) is 5.10 Å². The summed E-state index contributed by atoms with van der Waals surface area (Å²) in [4.78, 5) is 13.6. The maximum atomic E-state index is 12.2. The number of aromatic nitrogens is 2. The summed E-state index contributed by atoms with van der Waals surface area (Å²) in [6.07, 6.45) is 1.66. The highest BCUT2D eigenvalue weighted by Crippen LogP contribution is 2.12. The van der Waals surface area contributed by atoms with E-state index in [1.807, 2.05) is 6.07 Å². The smallest absolute Gasteiger partial charge is 0.274 e. The topological polar surface area (TPSA) is 105 Å². The Bertz CT molecular complexity index is 606. The molecule has 2 aromatic rings. The van der Waals surface area contributed by atoms with Gasteiger partial charge in [-0.05, 0) is 24.3 Å². The number of hydrogen-bond donors (Lipinski definition) is 3. The van der Waals surface area contributed by atoms with Crippen LogP contribution in [-0.4, -0.2) is 57.1 Å². The average Bonchev–Trinajstić information content (AvgIpc) is 2.96. The van der Waals surface area contributed by atoms with Crippen LogP contribution in [0.3, 0.4) is 0 Å². The van der Waals surface area contributed by atoms with E-state index in [-0.39, 0.29) is 37.9 Å². The Hall–Kier alpha value is -2.38. The van der Waals surface area contributed by atoms with E-state index in [9.17, 15) is 4.79 Å². The molecule has 7 nitrogen and oxygen atoms in total. The van der Waals surface area contributed by atoms with Crippen LogP contribution in [0, 0.1) is 0 Å². The lowest BCUT2D eigenvalue weighted by atomic mass is 10.3. The van der Waals surface area contributed by atoms with Crippen molar-refractivity contribution in [2.24, 2.45) is 0 Å². The molecule has 0 aliphatic heterocycles. The third-order valence-corrected chi connectivity index (χ3v) is 2.97. The Morgan fingerprint density at radius 3 is 2.57 bits per heavy atom. The van der Waals surface area contributed by atoms with Gasteiger partial charge < -0.3 is 20.8 Å². The van der Waals surface area contributed by atoms with Gasteiger partial charge in [0.05, 0.1) is 18.9 Å². The van der Waals surface area contributed by atoms with Crippen LogP contribution >= 0.6 is 0 Å². The first kappa shape index (κ1) is 15.0. The van der Waals surface area contributed by atoms with Gasteiger partial charge in [-0.3, -0.25) is 4.79 Å². The van der Waals surface area contributed by atoms with Crippen molar-refractivity contribution in [3.63, 3.8) is 0 Å². The summed E-state index contributed by atoms with van der Waals surface area (Å²) < 4.78 is 1.56. The molecule has 0 aliphatic carbocycles. The highest BCUT2D eigenvalue weighted by Gasteiger charge is 2.17. The lowest BCUT2D eigenvalue weighted by Gasteiger charge is -2.19. The van der Waals surface area contributed by atoms with E-state index >= 15 is 0 Å². The summed E-state index contributed by atoms with van der Waals surface area (Å²) in [6, 6.07) is 8.74. The molecule has 1 amide bonds. The van der Waals surface area contributed by atoms with Gasteiger partial charge in [0.2, 0.25) is 0 Å². The van der Waals surface area contributed by atoms with Crippen molar-refractivity contribution >= 4 is 11.6 Å². The largest absolute Gasteiger partial charge is 0.399 e. The summed E-state index contributed by atoms with van der Waals surface area (Å²) in [5.74, 6) is -0.333. The van der Waals surface area contributed by atoms with Crippen LogP contribution in [0.4, 0.5) is 5.69 Å². The van der Waals surface area contributed by atoms with Crippen molar-refractivity contribution in [2.75, 3.05) is 32.0 Å². The second-order valence-corrected chi connectivity index (χ2v) is 4.48. The van der Waals surface area contributed by atoms with Gasteiger partial charge in [0.25, 0.3) is 5.91 Å². The number of nitrogens with zero attached hydrogens (tertiary/aromatic N) is 3. The number of rotatable bonds is 6.